The van der Waals surface area contributed by atoms with E-state index in [1.54, 1.807) is 0 Å². The van der Waals surface area contributed by atoms with E-state index in [1.807, 2.05) is 0 Å². The van der Waals surface area contributed by atoms with Gasteiger partial charge in [0, 0.05) is 29.0 Å². The first-order chi connectivity index (χ1) is 7.40. The number of halogens is 5. The van der Waals surface area contributed by atoms with Crippen molar-refractivity contribution in [3.05, 3.63) is 35.9 Å². The maximum Gasteiger partial charge on any atom is 0.0963 e. The van der Waals surface area contributed by atoms with Gasteiger partial charge < -0.3 is 9.90 Å². The number of benzene rings is 1. The number of hydrogen-bond acceptors (Lipinski definition) is 2. The third-order valence-electron chi connectivity index (χ3n) is 1.72. The van der Waals surface area contributed by atoms with E-state index in [1.165, 1.54) is 6.07 Å². The van der Waals surface area contributed by atoms with Crippen molar-refractivity contribution in [2.45, 2.75) is 0 Å². The lowest BCUT2D eigenvalue weighted by molar-refractivity contribution is -0.295. The van der Waals surface area contributed by atoms with Gasteiger partial charge in [-0.1, -0.05) is 0 Å². The van der Waals surface area contributed by atoms with Crippen LogP contribution in [-0.4, -0.2) is 5.97 Å². The second-order valence-electron chi connectivity index (χ2n) is 2.66. The molecule has 0 unspecified atom stereocenters. The van der Waals surface area contributed by atoms with Crippen molar-refractivity contribution < 1.29 is 14.3 Å². The molecular formula is C9H2Br4FO2-. The van der Waals surface area contributed by atoms with Crippen LogP contribution >= 0.6 is 63.7 Å². The molecule has 2 nitrogen and oxygen atoms in total. The zero-order chi connectivity index (χ0) is 12.5. The zero-order valence-corrected chi connectivity index (χ0v) is 13.7. The number of rotatable bonds is 2. The highest BCUT2D eigenvalue weighted by Gasteiger charge is 2.15. The second kappa shape index (κ2) is 5.75. The van der Waals surface area contributed by atoms with E-state index in [-0.39, 0.29) is 11.9 Å². The summed E-state index contributed by atoms with van der Waals surface area (Å²) < 4.78 is 14.8. The van der Waals surface area contributed by atoms with E-state index in [9.17, 15) is 14.3 Å². The molecule has 0 aliphatic heterocycles. The van der Waals surface area contributed by atoms with Crippen molar-refractivity contribution in [3.8, 4) is 0 Å². The number of aliphatic carboxylic acids is 1. The van der Waals surface area contributed by atoms with E-state index in [4.69, 9.17) is 0 Å². The van der Waals surface area contributed by atoms with Gasteiger partial charge in [0.15, 0.2) is 0 Å². The van der Waals surface area contributed by atoms with Gasteiger partial charge in [-0.05, 0) is 69.8 Å². The van der Waals surface area contributed by atoms with Crippen LogP contribution < -0.4 is 5.11 Å². The Bertz CT molecular complexity index is 485. The standard InChI is InChI=1S/C9H3Br4FO2/c10-5-1-3(4(2-14)9(15)16)6(11)8(13)7(5)12/h1-2H,(H,15,16)/p-1/b4-2-. The average molecular weight is 481 g/mol. The van der Waals surface area contributed by atoms with Crippen LogP contribution in [0.5, 0.6) is 0 Å². The Hall–Kier alpha value is 0.280. The molecule has 0 radical (unpaired) electrons. The van der Waals surface area contributed by atoms with Crippen molar-refractivity contribution in [2.24, 2.45) is 0 Å². The Balaban J connectivity index is 3.53. The molecule has 0 spiro atoms. The largest absolute Gasteiger partial charge is 0.545 e. The molecule has 0 atom stereocenters. The molecule has 86 valence electrons. The highest BCUT2D eigenvalue weighted by atomic mass is 79.9. The molecule has 0 fully saturated rings. The molecule has 0 aliphatic rings. The maximum atomic E-state index is 12.5. The Labute approximate surface area is 124 Å². The fourth-order valence-electron chi connectivity index (χ4n) is 0.982. The summed E-state index contributed by atoms with van der Waals surface area (Å²) in [7, 11) is 0. The summed E-state index contributed by atoms with van der Waals surface area (Å²) in [6.45, 7) is 0. The molecule has 0 N–H and O–H groups in total. The molecule has 0 aliphatic carbocycles. The minimum atomic E-state index is -1.58. The number of carboxylic acid groups (broad SMARTS) is 1. The van der Waals surface area contributed by atoms with Crippen LogP contribution in [0.25, 0.3) is 5.57 Å². The minimum Gasteiger partial charge on any atom is -0.545 e. The summed E-state index contributed by atoms with van der Waals surface area (Å²) in [4.78, 5) is 10.7. The van der Waals surface area contributed by atoms with Crippen LogP contribution in [0.2, 0.25) is 0 Å². The van der Waals surface area contributed by atoms with Gasteiger partial charge in [-0.2, -0.15) is 0 Å². The van der Waals surface area contributed by atoms with Crippen molar-refractivity contribution in [1.29, 1.82) is 0 Å². The molecule has 1 aromatic carbocycles. The number of carbonyl (C=O) groups excluding carboxylic acids is 1. The molecule has 0 saturated carbocycles. The fourth-order valence-corrected chi connectivity index (χ4v) is 3.21. The lowest BCUT2D eigenvalue weighted by Gasteiger charge is -2.12. The SMILES string of the molecule is O=C([O-])/C(=C\F)c1cc(Br)c(Br)c(Br)c1Br. The minimum absolute atomic E-state index is 0.00219. The zero-order valence-electron chi connectivity index (χ0n) is 7.36. The lowest BCUT2D eigenvalue weighted by atomic mass is 10.1. The van der Waals surface area contributed by atoms with Crippen LogP contribution in [0.15, 0.2) is 30.3 Å². The summed E-state index contributed by atoms with van der Waals surface area (Å²) in [5.74, 6) is -1.58. The molecule has 0 bridgehead atoms. The molecule has 1 rings (SSSR count). The quantitative estimate of drug-likeness (QED) is 0.367. The Morgan fingerprint density at radius 1 is 1.19 bits per heavy atom. The van der Waals surface area contributed by atoms with Crippen molar-refractivity contribution >= 4 is 75.3 Å². The van der Waals surface area contributed by atoms with Gasteiger partial charge in [-0.3, -0.25) is 0 Å². The predicted molar refractivity (Wildman–Crippen MR) is 71.3 cm³/mol. The predicted octanol–water partition coefficient (Wildman–Crippen LogP) is 3.80. The first-order valence-corrected chi connectivity index (χ1v) is 6.92. The monoisotopic (exact) mass is 477 g/mol. The van der Waals surface area contributed by atoms with E-state index in [0.29, 0.717) is 17.9 Å². The molecule has 7 heteroatoms. The third kappa shape index (κ3) is 2.75. The molecule has 16 heavy (non-hydrogen) atoms. The van der Waals surface area contributed by atoms with Gasteiger partial charge in [-0.15, -0.1) is 0 Å². The number of carboxylic acids is 1. The van der Waals surface area contributed by atoms with Gasteiger partial charge in [0.2, 0.25) is 0 Å². The van der Waals surface area contributed by atoms with Crippen molar-refractivity contribution in [1.82, 2.24) is 0 Å². The molecule has 0 amide bonds. The molecular weight excluding hydrogens is 479 g/mol. The highest BCUT2D eigenvalue weighted by Crippen LogP contribution is 2.41. The van der Waals surface area contributed by atoms with Crippen LogP contribution in [0, 0.1) is 0 Å². The maximum absolute atomic E-state index is 12.5. The van der Waals surface area contributed by atoms with E-state index in [0.717, 1.165) is 0 Å². The first-order valence-electron chi connectivity index (χ1n) is 3.75. The Morgan fingerprint density at radius 2 is 1.75 bits per heavy atom. The first kappa shape index (κ1) is 14.3. The molecule has 0 heterocycles. The number of carbonyl (C=O) groups is 1. The van der Waals surface area contributed by atoms with E-state index >= 15 is 0 Å². The van der Waals surface area contributed by atoms with E-state index in [2.05, 4.69) is 63.7 Å². The summed E-state index contributed by atoms with van der Waals surface area (Å²) in [6, 6.07) is 1.47. The second-order valence-corrected chi connectivity index (χ2v) is 5.89. The van der Waals surface area contributed by atoms with Crippen molar-refractivity contribution in [3.63, 3.8) is 0 Å². The number of hydrogen-bond donors (Lipinski definition) is 0. The average Bonchev–Trinajstić information content (AvgIpc) is 2.23. The summed E-state index contributed by atoms with van der Waals surface area (Å²) in [5.41, 5.74) is -0.342. The summed E-state index contributed by atoms with van der Waals surface area (Å²) in [6.07, 6.45) is 0.00219. The molecule has 0 saturated heterocycles. The summed E-state index contributed by atoms with van der Waals surface area (Å²) in [5, 5.41) is 10.7. The van der Waals surface area contributed by atoms with Crippen LogP contribution in [0.3, 0.4) is 0 Å². The van der Waals surface area contributed by atoms with Crippen LogP contribution in [-0.2, 0) is 4.79 Å². The third-order valence-corrected chi connectivity index (χ3v) is 6.38. The smallest absolute Gasteiger partial charge is 0.0963 e. The van der Waals surface area contributed by atoms with Gasteiger partial charge in [0.25, 0.3) is 0 Å². The highest BCUT2D eigenvalue weighted by molar-refractivity contribution is 9.15. The van der Waals surface area contributed by atoms with Gasteiger partial charge >= 0.3 is 0 Å². The van der Waals surface area contributed by atoms with Crippen LogP contribution in [0.1, 0.15) is 5.56 Å². The van der Waals surface area contributed by atoms with Crippen LogP contribution in [0.4, 0.5) is 4.39 Å². The van der Waals surface area contributed by atoms with E-state index < -0.39 is 11.5 Å². The van der Waals surface area contributed by atoms with Gasteiger partial charge in [0.1, 0.15) is 0 Å². The summed E-state index contributed by atoms with van der Waals surface area (Å²) >= 11 is 12.9. The molecule has 1 aromatic rings. The van der Waals surface area contributed by atoms with Gasteiger partial charge in [0.05, 0.1) is 12.3 Å². The lowest BCUT2D eigenvalue weighted by Crippen LogP contribution is -2.23. The van der Waals surface area contributed by atoms with Gasteiger partial charge in [-0.25, -0.2) is 4.39 Å². The normalized spacial score (nSPS) is 11.7. The van der Waals surface area contributed by atoms with Crippen molar-refractivity contribution in [2.75, 3.05) is 0 Å². The topological polar surface area (TPSA) is 40.1 Å². The Kier molecular flexibility index (Phi) is 5.15. The Morgan fingerprint density at radius 3 is 2.19 bits per heavy atom. The fraction of sp³-hybridized carbons (Fsp3) is 0. The molecule has 0 aromatic heterocycles.